The van der Waals surface area contributed by atoms with Crippen LogP contribution in [0.5, 0.6) is 0 Å². The van der Waals surface area contributed by atoms with Gasteiger partial charge in [-0.25, -0.2) is 0 Å². The van der Waals surface area contributed by atoms with Crippen LogP contribution in [-0.4, -0.2) is 36.7 Å². The molecule has 20 heavy (non-hydrogen) atoms. The van der Waals surface area contributed by atoms with Crippen molar-refractivity contribution in [2.24, 2.45) is 0 Å². The number of carbonyl (C=O) groups excluding carboxylic acids is 2. The van der Waals surface area contributed by atoms with Crippen LogP contribution in [-0.2, 0) is 19.1 Å². The van der Waals surface area contributed by atoms with Crippen LogP contribution in [0.25, 0.3) is 0 Å². The van der Waals surface area contributed by atoms with Crippen molar-refractivity contribution >= 4 is 33.5 Å². The van der Waals surface area contributed by atoms with Crippen LogP contribution in [0.4, 0.5) is 0 Å². The molecule has 0 spiro atoms. The van der Waals surface area contributed by atoms with E-state index in [0.717, 1.165) is 37.2 Å². The Kier molecular flexibility index (Phi) is 14.8. The van der Waals surface area contributed by atoms with Gasteiger partial charge in [-0.2, -0.15) is 0 Å². The van der Waals surface area contributed by atoms with E-state index in [1.807, 2.05) is 21.6 Å². The van der Waals surface area contributed by atoms with E-state index in [2.05, 4.69) is 0 Å². The molecule has 0 atom stereocenters. The number of ether oxygens (including phenoxy) is 2. The minimum absolute atomic E-state index is 0.191. The minimum Gasteiger partial charge on any atom is -0.466 e. The fourth-order valence-corrected chi connectivity index (χ4v) is 3.72. The molecular formula is C14H26O4S2. The molecule has 0 unspecified atom stereocenters. The molecule has 0 saturated heterocycles. The van der Waals surface area contributed by atoms with Crippen molar-refractivity contribution in [2.45, 2.75) is 52.4 Å². The molecule has 0 bridgehead atoms. The lowest BCUT2D eigenvalue weighted by atomic mass is 10.3. The maximum Gasteiger partial charge on any atom is 0.302 e. The first-order chi connectivity index (χ1) is 9.63. The molecule has 0 aliphatic heterocycles. The number of rotatable bonds is 13. The van der Waals surface area contributed by atoms with Crippen LogP contribution in [0.2, 0.25) is 0 Å². The first-order valence-corrected chi connectivity index (χ1v) is 9.63. The Labute approximate surface area is 130 Å². The van der Waals surface area contributed by atoms with E-state index < -0.39 is 0 Å². The summed E-state index contributed by atoms with van der Waals surface area (Å²) < 4.78 is 9.73. The van der Waals surface area contributed by atoms with E-state index in [1.165, 1.54) is 26.7 Å². The standard InChI is InChI=1S/C14H26O4S2/c1-13(15)17-9-5-3-7-11-19-20-12-8-4-6-10-18-14(2)16/h3-12H2,1-2H3. The Bertz CT molecular complexity index is 234. The van der Waals surface area contributed by atoms with Crippen LogP contribution in [0.1, 0.15) is 52.4 Å². The monoisotopic (exact) mass is 322 g/mol. The third-order valence-corrected chi connectivity index (χ3v) is 5.02. The Morgan fingerprint density at radius 2 is 1.10 bits per heavy atom. The molecule has 6 heteroatoms. The van der Waals surface area contributed by atoms with Crippen LogP contribution in [0.15, 0.2) is 0 Å². The largest absolute Gasteiger partial charge is 0.466 e. The Morgan fingerprint density at radius 1 is 0.700 bits per heavy atom. The first kappa shape index (κ1) is 19.6. The van der Waals surface area contributed by atoms with Crippen molar-refractivity contribution in [3.8, 4) is 0 Å². The summed E-state index contributed by atoms with van der Waals surface area (Å²) in [6.45, 7) is 3.99. The average Bonchev–Trinajstić information content (AvgIpc) is 2.38. The van der Waals surface area contributed by atoms with Crippen LogP contribution >= 0.6 is 21.6 Å². The third-order valence-electron chi connectivity index (χ3n) is 2.44. The van der Waals surface area contributed by atoms with E-state index in [-0.39, 0.29) is 11.9 Å². The summed E-state index contributed by atoms with van der Waals surface area (Å²) in [4.78, 5) is 21.0. The van der Waals surface area contributed by atoms with Crippen molar-refractivity contribution in [1.29, 1.82) is 0 Å². The van der Waals surface area contributed by atoms with Gasteiger partial charge in [0.2, 0.25) is 0 Å². The van der Waals surface area contributed by atoms with Gasteiger partial charge in [0.25, 0.3) is 0 Å². The van der Waals surface area contributed by atoms with Crippen molar-refractivity contribution in [3.63, 3.8) is 0 Å². The summed E-state index contributed by atoms with van der Waals surface area (Å²) in [6, 6.07) is 0. The zero-order valence-electron chi connectivity index (χ0n) is 12.5. The molecule has 0 saturated carbocycles. The molecule has 0 heterocycles. The minimum atomic E-state index is -0.191. The topological polar surface area (TPSA) is 52.6 Å². The van der Waals surface area contributed by atoms with Gasteiger partial charge in [0.05, 0.1) is 13.2 Å². The molecule has 0 aliphatic rings. The van der Waals surface area contributed by atoms with E-state index >= 15 is 0 Å². The molecule has 0 rings (SSSR count). The summed E-state index contributed by atoms with van der Waals surface area (Å²) in [7, 11) is 3.82. The van der Waals surface area contributed by atoms with Gasteiger partial charge in [-0.3, -0.25) is 9.59 Å². The molecule has 0 amide bonds. The molecule has 4 nitrogen and oxygen atoms in total. The van der Waals surface area contributed by atoms with Crippen LogP contribution in [0.3, 0.4) is 0 Å². The molecule has 0 fully saturated rings. The quantitative estimate of drug-likeness (QED) is 0.292. The van der Waals surface area contributed by atoms with Gasteiger partial charge in [-0.1, -0.05) is 21.6 Å². The maximum atomic E-state index is 10.5. The second-order valence-corrected chi connectivity index (χ2v) is 7.15. The van der Waals surface area contributed by atoms with E-state index in [1.54, 1.807) is 0 Å². The lowest BCUT2D eigenvalue weighted by Gasteiger charge is -2.03. The highest BCUT2D eigenvalue weighted by Gasteiger charge is 1.96. The van der Waals surface area contributed by atoms with Gasteiger partial charge < -0.3 is 9.47 Å². The SMILES string of the molecule is CC(=O)OCCCCCSSCCCCCOC(C)=O. The zero-order chi connectivity index (χ0) is 15.1. The van der Waals surface area contributed by atoms with E-state index in [4.69, 9.17) is 9.47 Å². The molecule has 0 N–H and O–H groups in total. The third kappa shape index (κ3) is 17.6. The first-order valence-electron chi connectivity index (χ1n) is 7.14. The van der Waals surface area contributed by atoms with Crippen molar-refractivity contribution in [1.82, 2.24) is 0 Å². The van der Waals surface area contributed by atoms with Crippen molar-refractivity contribution < 1.29 is 19.1 Å². The summed E-state index contributed by atoms with van der Waals surface area (Å²) in [5, 5.41) is 0. The highest BCUT2D eigenvalue weighted by molar-refractivity contribution is 8.76. The van der Waals surface area contributed by atoms with E-state index in [9.17, 15) is 9.59 Å². The molecule has 0 aromatic carbocycles. The predicted octanol–water partition coefficient (Wildman–Crippen LogP) is 3.83. The summed E-state index contributed by atoms with van der Waals surface area (Å²) in [5.41, 5.74) is 0. The van der Waals surface area contributed by atoms with Gasteiger partial charge in [0.1, 0.15) is 0 Å². The molecule has 0 aromatic heterocycles. The Balaban J connectivity index is 2.99. The molecular weight excluding hydrogens is 296 g/mol. The normalized spacial score (nSPS) is 10.3. The Morgan fingerprint density at radius 3 is 1.45 bits per heavy atom. The average molecular weight is 322 g/mol. The van der Waals surface area contributed by atoms with Gasteiger partial charge in [0.15, 0.2) is 0 Å². The summed E-state index contributed by atoms with van der Waals surface area (Å²) in [6.07, 6.45) is 6.49. The second-order valence-electron chi connectivity index (χ2n) is 4.45. The lowest BCUT2D eigenvalue weighted by molar-refractivity contribution is -0.142. The number of hydrogen-bond donors (Lipinski definition) is 0. The molecule has 0 radical (unpaired) electrons. The number of carbonyl (C=O) groups is 2. The number of unbranched alkanes of at least 4 members (excludes halogenated alkanes) is 4. The predicted molar refractivity (Wildman–Crippen MR) is 85.9 cm³/mol. The molecule has 0 aromatic rings. The van der Waals surface area contributed by atoms with E-state index in [0.29, 0.717) is 13.2 Å². The summed E-state index contributed by atoms with van der Waals surface area (Å²) >= 11 is 0. The lowest BCUT2D eigenvalue weighted by Crippen LogP contribution is -2.00. The maximum absolute atomic E-state index is 10.5. The second kappa shape index (κ2) is 15.0. The summed E-state index contributed by atoms with van der Waals surface area (Å²) in [5.74, 6) is 1.92. The van der Waals surface area contributed by atoms with Crippen molar-refractivity contribution in [2.75, 3.05) is 24.7 Å². The molecule has 118 valence electrons. The van der Waals surface area contributed by atoms with Gasteiger partial charge >= 0.3 is 11.9 Å². The van der Waals surface area contributed by atoms with Gasteiger partial charge in [-0.05, 0) is 38.5 Å². The zero-order valence-corrected chi connectivity index (χ0v) is 14.2. The van der Waals surface area contributed by atoms with Gasteiger partial charge in [-0.15, -0.1) is 0 Å². The number of esters is 2. The van der Waals surface area contributed by atoms with Crippen molar-refractivity contribution in [3.05, 3.63) is 0 Å². The fraction of sp³-hybridized carbons (Fsp3) is 0.857. The van der Waals surface area contributed by atoms with Crippen LogP contribution < -0.4 is 0 Å². The highest BCUT2D eigenvalue weighted by Crippen LogP contribution is 2.24. The fourth-order valence-electron chi connectivity index (χ4n) is 1.43. The van der Waals surface area contributed by atoms with Crippen LogP contribution in [0, 0.1) is 0 Å². The number of hydrogen-bond acceptors (Lipinski definition) is 6. The Hall–Kier alpha value is -0.360. The van der Waals surface area contributed by atoms with Gasteiger partial charge in [0, 0.05) is 25.4 Å². The molecule has 0 aliphatic carbocycles. The highest BCUT2D eigenvalue weighted by atomic mass is 33.1. The smallest absolute Gasteiger partial charge is 0.302 e.